The Morgan fingerprint density at radius 3 is 2.39 bits per heavy atom. The second kappa shape index (κ2) is 15.3. The van der Waals surface area contributed by atoms with Gasteiger partial charge in [-0.1, -0.05) is 101 Å². The number of aromatic nitrogens is 2. The fraction of sp³-hybridized carbons (Fsp3) is 0.135. The smallest absolute Gasteiger partial charge is 0.301 e. The number of rotatable bonds is 12. The summed E-state index contributed by atoms with van der Waals surface area (Å²) in [5.41, 5.74) is 3.89. The van der Waals surface area contributed by atoms with Crippen molar-refractivity contribution in [3.8, 4) is 11.5 Å². The molecular formula is C37H29Cl2N3O5S2. The highest BCUT2D eigenvalue weighted by Gasteiger charge is 2.48. The van der Waals surface area contributed by atoms with Gasteiger partial charge < -0.3 is 14.6 Å². The second-order valence-electron chi connectivity index (χ2n) is 11.0. The average Bonchev–Trinajstić information content (AvgIpc) is 3.68. The van der Waals surface area contributed by atoms with Gasteiger partial charge >= 0.3 is 5.91 Å². The van der Waals surface area contributed by atoms with Gasteiger partial charge in [0.15, 0.2) is 4.34 Å². The molecule has 1 fully saturated rings. The first-order valence-corrected chi connectivity index (χ1v) is 17.6. The Labute approximate surface area is 301 Å². The second-order valence-corrected chi connectivity index (χ2v) is 14.0. The van der Waals surface area contributed by atoms with Gasteiger partial charge in [-0.05, 0) is 77.7 Å². The van der Waals surface area contributed by atoms with Gasteiger partial charge in [0.25, 0.3) is 5.78 Å². The zero-order valence-corrected chi connectivity index (χ0v) is 29.3. The molecule has 1 aromatic heterocycles. The fourth-order valence-electron chi connectivity index (χ4n) is 5.18. The van der Waals surface area contributed by atoms with E-state index in [1.54, 1.807) is 66.7 Å². The molecule has 1 N–H and O–H groups in total. The minimum Gasteiger partial charge on any atom is -0.507 e. The van der Waals surface area contributed by atoms with E-state index in [1.807, 2.05) is 37.3 Å². The molecule has 1 atom stereocenters. The SMILES string of the molecule is C=CCOc1ccc(C2C(=C(O)c3ccc(OCc4ccccc4C)cc3)C(=O)C(=O)N2c2nnc(SCc3ccc(Cl)cc3Cl)s2)cc1. The number of hydrogen-bond donors (Lipinski definition) is 1. The molecule has 1 amide bonds. The van der Waals surface area contributed by atoms with Crippen LogP contribution in [0.5, 0.6) is 11.5 Å². The molecular weight excluding hydrogens is 701 g/mol. The van der Waals surface area contributed by atoms with Crippen LogP contribution in [0.1, 0.15) is 33.9 Å². The van der Waals surface area contributed by atoms with Crippen LogP contribution in [-0.2, 0) is 21.9 Å². The van der Waals surface area contributed by atoms with E-state index >= 15 is 0 Å². The molecule has 0 radical (unpaired) electrons. The summed E-state index contributed by atoms with van der Waals surface area (Å²) < 4.78 is 12.2. The number of aryl methyl sites for hydroxylation is 1. The number of nitrogens with zero attached hydrogens (tertiary/aromatic N) is 3. The highest BCUT2D eigenvalue weighted by atomic mass is 35.5. The van der Waals surface area contributed by atoms with Gasteiger partial charge in [0.1, 0.15) is 30.5 Å². The molecule has 12 heteroatoms. The van der Waals surface area contributed by atoms with Gasteiger partial charge in [-0.2, -0.15) is 0 Å². The summed E-state index contributed by atoms with van der Waals surface area (Å²) in [4.78, 5) is 28.7. The number of anilines is 1. The molecule has 2 heterocycles. The van der Waals surface area contributed by atoms with Crippen LogP contribution in [0.4, 0.5) is 5.13 Å². The molecule has 0 saturated carbocycles. The Balaban J connectivity index is 1.31. The van der Waals surface area contributed by atoms with Crippen molar-refractivity contribution >= 4 is 68.9 Å². The van der Waals surface area contributed by atoms with Gasteiger partial charge in [0, 0.05) is 21.4 Å². The summed E-state index contributed by atoms with van der Waals surface area (Å²) in [5.74, 6) is -0.330. The summed E-state index contributed by atoms with van der Waals surface area (Å²) in [6, 6.07) is 25.9. The predicted octanol–water partition coefficient (Wildman–Crippen LogP) is 9.22. The van der Waals surface area contributed by atoms with Crippen LogP contribution >= 0.6 is 46.3 Å². The molecule has 49 heavy (non-hydrogen) atoms. The van der Waals surface area contributed by atoms with E-state index in [1.165, 1.54) is 16.7 Å². The number of Topliss-reactive ketones (excluding diaryl/α,β-unsaturated/α-hetero) is 1. The van der Waals surface area contributed by atoms with Crippen molar-refractivity contribution < 1.29 is 24.2 Å². The highest BCUT2D eigenvalue weighted by Crippen LogP contribution is 2.44. The number of benzene rings is 4. The van der Waals surface area contributed by atoms with Crippen LogP contribution in [0.25, 0.3) is 5.76 Å². The number of hydrogen-bond acceptors (Lipinski definition) is 9. The molecule has 8 nitrogen and oxygen atoms in total. The lowest BCUT2D eigenvalue weighted by molar-refractivity contribution is -0.132. The topological polar surface area (TPSA) is 102 Å². The van der Waals surface area contributed by atoms with Gasteiger partial charge in [-0.15, -0.1) is 10.2 Å². The minimum atomic E-state index is -0.984. The number of thioether (sulfide) groups is 1. The van der Waals surface area contributed by atoms with Crippen LogP contribution in [-0.4, -0.2) is 33.6 Å². The van der Waals surface area contributed by atoms with E-state index in [-0.39, 0.29) is 16.5 Å². The number of amides is 1. The van der Waals surface area contributed by atoms with Crippen molar-refractivity contribution in [2.75, 3.05) is 11.5 Å². The third-order valence-corrected chi connectivity index (χ3v) is 10.5. The van der Waals surface area contributed by atoms with Crippen molar-refractivity contribution in [2.45, 2.75) is 29.7 Å². The molecule has 6 rings (SSSR count). The lowest BCUT2D eigenvalue weighted by Gasteiger charge is -2.22. The Kier molecular flexibility index (Phi) is 10.7. The molecule has 248 valence electrons. The first kappa shape index (κ1) is 34.3. The summed E-state index contributed by atoms with van der Waals surface area (Å²) in [5, 5.41) is 21.5. The number of halogens is 2. The summed E-state index contributed by atoms with van der Waals surface area (Å²) in [7, 11) is 0. The van der Waals surface area contributed by atoms with Crippen molar-refractivity contribution in [1.29, 1.82) is 0 Å². The van der Waals surface area contributed by atoms with Crippen LogP contribution < -0.4 is 14.4 Å². The molecule has 1 aliphatic rings. The summed E-state index contributed by atoms with van der Waals surface area (Å²) >= 11 is 14.9. The molecule has 4 aromatic carbocycles. The fourth-order valence-corrected chi connectivity index (χ4v) is 7.61. The maximum absolute atomic E-state index is 13.7. The lowest BCUT2D eigenvalue weighted by Crippen LogP contribution is -2.29. The van der Waals surface area contributed by atoms with Crippen molar-refractivity contribution in [3.05, 3.63) is 147 Å². The van der Waals surface area contributed by atoms with Gasteiger partial charge in [-0.25, -0.2) is 0 Å². The lowest BCUT2D eigenvalue weighted by atomic mass is 9.95. The molecule has 0 spiro atoms. The van der Waals surface area contributed by atoms with E-state index in [9.17, 15) is 14.7 Å². The number of carbonyl (C=O) groups excluding carboxylic acids is 2. The normalized spacial score (nSPS) is 15.4. The van der Waals surface area contributed by atoms with E-state index in [0.29, 0.717) is 56.0 Å². The Morgan fingerprint density at radius 1 is 0.959 bits per heavy atom. The molecule has 5 aromatic rings. The number of ketones is 1. The number of aliphatic hydroxyl groups is 1. The van der Waals surface area contributed by atoms with Crippen molar-refractivity contribution in [2.24, 2.45) is 0 Å². The maximum Gasteiger partial charge on any atom is 0.301 e. The third kappa shape index (κ3) is 7.68. The molecule has 1 saturated heterocycles. The minimum absolute atomic E-state index is 0.0734. The van der Waals surface area contributed by atoms with E-state index < -0.39 is 17.7 Å². The molecule has 0 aliphatic carbocycles. The highest BCUT2D eigenvalue weighted by molar-refractivity contribution is 8.00. The third-order valence-electron chi connectivity index (χ3n) is 7.76. The zero-order valence-electron chi connectivity index (χ0n) is 26.1. The van der Waals surface area contributed by atoms with Gasteiger partial charge in [0.05, 0.1) is 11.6 Å². The van der Waals surface area contributed by atoms with Crippen LogP contribution in [0.3, 0.4) is 0 Å². The Bertz CT molecular complexity index is 2050. The van der Waals surface area contributed by atoms with E-state index in [0.717, 1.165) is 28.0 Å². The van der Waals surface area contributed by atoms with Crippen molar-refractivity contribution in [3.63, 3.8) is 0 Å². The molecule has 1 aliphatic heterocycles. The van der Waals surface area contributed by atoms with Crippen molar-refractivity contribution in [1.82, 2.24) is 10.2 Å². The average molecular weight is 731 g/mol. The molecule has 1 unspecified atom stereocenters. The predicted molar refractivity (Wildman–Crippen MR) is 195 cm³/mol. The van der Waals surface area contributed by atoms with E-state index in [4.69, 9.17) is 32.7 Å². The number of carbonyl (C=O) groups is 2. The number of aliphatic hydroxyl groups excluding tert-OH is 1. The maximum atomic E-state index is 13.7. The first-order chi connectivity index (χ1) is 23.7. The van der Waals surface area contributed by atoms with Crippen LogP contribution in [0, 0.1) is 6.92 Å². The standard InChI is InChI=1S/C37H29Cl2N3O5S2/c1-3-18-46-28-14-9-23(10-15-28)32-31(33(43)24-11-16-29(17-12-24)47-20-25-7-5-4-6-22(25)2)34(44)35(45)42(32)36-40-41-37(49-36)48-21-26-8-13-27(38)19-30(26)39/h3-17,19,32,43H,1,18,20-21H2,2H3. The van der Waals surface area contributed by atoms with Gasteiger partial charge in [0.2, 0.25) is 5.13 Å². The first-order valence-electron chi connectivity index (χ1n) is 15.1. The largest absolute Gasteiger partial charge is 0.507 e. The van der Waals surface area contributed by atoms with Gasteiger partial charge in [-0.3, -0.25) is 14.5 Å². The molecule has 0 bridgehead atoms. The monoisotopic (exact) mass is 729 g/mol. The Morgan fingerprint density at radius 2 is 1.67 bits per heavy atom. The zero-order chi connectivity index (χ0) is 34.5. The Hall–Kier alpha value is -4.61. The van der Waals surface area contributed by atoms with Crippen LogP contribution in [0.15, 0.2) is 114 Å². The summed E-state index contributed by atoms with van der Waals surface area (Å²) in [6.07, 6.45) is 1.63. The van der Waals surface area contributed by atoms with Crippen LogP contribution in [0.2, 0.25) is 10.0 Å². The quantitative estimate of drug-likeness (QED) is 0.0339. The summed E-state index contributed by atoms with van der Waals surface area (Å²) in [6.45, 7) is 6.39. The van der Waals surface area contributed by atoms with E-state index in [2.05, 4.69) is 16.8 Å². The number of ether oxygens (including phenoxy) is 2.